The summed E-state index contributed by atoms with van der Waals surface area (Å²) in [5, 5.41) is 16.5. The smallest absolute Gasteiger partial charge is 0.257 e. The third-order valence-electron chi connectivity index (χ3n) is 2.32. The lowest BCUT2D eigenvalue weighted by Crippen LogP contribution is -1.99. The van der Waals surface area contributed by atoms with E-state index in [0.717, 1.165) is 6.42 Å². The first-order chi connectivity index (χ1) is 9.35. The van der Waals surface area contributed by atoms with Gasteiger partial charge in [-0.05, 0) is 24.6 Å². The zero-order chi connectivity index (χ0) is 13.5. The SMILES string of the molecule is CCCOc1ccccc1Oc1nnccc1C#N. The van der Waals surface area contributed by atoms with Crippen molar-refractivity contribution in [3.8, 4) is 23.4 Å². The molecule has 5 nitrogen and oxygen atoms in total. The fraction of sp³-hybridized carbons (Fsp3) is 0.214. The standard InChI is InChI=1S/C14H13N3O2/c1-2-9-18-12-5-3-4-6-13(12)19-14-11(10-15)7-8-16-17-14/h3-8H,2,9H2,1H3. The van der Waals surface area contributed by atoms with Gasteiger partial charge in [0.05, 0.1) is 12.8 Å². The largest absolute Gasteiger partial charge is 0.490 e. The van der Waals surface area contributed by atoms with E-state index in [0.29, 0.717) is 23.7 Å². The van der Waals surface area contributed by atoms with Gasteiger partial charge in [-0.15, -0.1) is 5.10 Å². The molecule has 0 saturated heterocycles. The molecule has 0 radical (unpaired) electrons. The summed E-state index contributed by atoms with van der Waals surface area (Å²) < 4.78 is 11.2. The number of para-hydroxylation sites is 2. The number of aromatic nitrogens is 2. The molecule has 0 atom stereocenters. The molecule has 0 N–H and O–H groups in total. The predicted octanol–water partition coefficient (Wildman–Crippen LogP) is 2.93. The Bertz CT molecular complexity index is 593. The Kier molecular flexibility index (Phi) is 4.29. The summed E-state index contributed by atoms with van der Waals surface area (Å²) >= 11 is 0. The maximum absolute atomic E-state index is 8.98. The zero-order valence-corrected chi connectivity index (χ0v) is 10.5. The highest BCUT2D eigenvalue weighted by molar-refractivity contribution is 5.44. The van der Waals surface area contributed by atoms with Gasteiger partial charge < -0.3 is 9.47 Å². The van der Waals surface area contributed by atoms with Crippen LogP contribution < -0.4 is 9.47 Å². The molecule has 96 valence electrons. The van der Waals surface area contributed by atoms with E-state index in [1.54, 1.807) is 12.1 Å². The Morgan fingerprint density at radius 3 is 2.74 bits per heavy atom. The maximum Gasteiger partial charge on any atom is 0.257 e. The van der Waals surface area contributed by atoms with Crippen LogP contribution in [0.5, 0.6) is 17.4 Å². The number of hydrogen-bond donors (Lipinski definition) is 0. The molecule has 0 unspecified atom stereocenters. The van der Waals surface area contributed by atoms with E-state index >= 15 is 0 Å². The minimum Gasteiger partial charge on any atom is -0.490 e. The summed E-state index contributed by atoms with van der Waals surface area (Å²) in [6, 6.07) is 10.8. The number of ether oxygens (including phenoxy) is 2. The molecule has 19 heavy (non-hydrogen) atoms. The van der Waals surface area contributed by atoms with Crippen molar-refractivity contribution in [1.29, 1.82) is 5.26 Å². The van der Waals surface area contributed by atoms with Crippen molar-refractivity contribution in [2.45, 2.75) is 13.3 Å². The average molecular weight is 255 g/mol. The Balaban J connectivity index is 2.26. The highest BCUT2D eigenvalue weighted by Crippen LogP contribution is 2.31. The molecule has 0 spiro atoms. The molecule has 1 heterocycles. The second kappa shape index (κ2) is 6.36. The van der Waals surface area contributed by atoms with Gasteiger partial charge in [0.25, 0.3) is 5.88 Å². The van der Waals surface area contributed by atoms with E-state index in [1.807, 2.05) is 31.2 Å². The highest BCUT2D eigenvalue weighted by atomic mass is 16.5. The summed E-state index contributed by atoms with van der Waals surface area (Å²) in [5.41, 5.74) is 0.334. The van der Waals surface area contributed by atoms with Crippen LogP contribution in [0.1, 0.15) is 18.9 Å². The van der Waals surface area contributed by atoms with Gasteiger partial charge in [-0.3, -0.25) is 0 Å². The molecule has 5 heteroatoms. The summed E-state index contributed by atoms with van der Waals surface area (Å²) in [6.07, 6.45) is 2.35. The van der Waals surface area contributed by atoms with Gasteiger partial charge >= 0.3 is 0 Å². The van der Waals surface area contributed by atoms with Crippen molar-refractivity contribution in [1.82, 2.24) is 10.2 Å². The van der Waals surface area contributed by atoms with Gasteiger partial charge in [-0.1, -0.05) is 19.1 Å². The summed E-state index contributed by atoms with van der Waals surface area (Å²) in [4.78, 5) is 0. The van der Waals surface area contributed by atoms with Crippen LogP contribution >= 0.6 is 0 Å². The summed E-state index contributed by atoms with van der Waals surface area (Å²) in [7, 11) is 0. The van der Waals surface area contributed by atoms with Crippen molar-refractivity contribution in [3.63, 3.8) is 0 Å². The molecule has 0 fully saturated rings. The van der Waals surface area contributed by atoms with E-state index in [9.17, 15) is 0 Å². The average Bonchev–Trinajstić information content (AvgIpc) is 2.47. The number of nitrogens with zero attached hydrogens (tertiary/aromatic N) is 3. The third-order valence-corrected chi connectivity index (χ3v) is 2.32. The normalized spacial score (nSPS) is 9.68. The van der Waals surface area contributed by atoms with Crippen molar-refractivity contribution < 1.29 is 9.47 Å². The molecule has 1 aromatic heterocycles. The van der Waals surface area contributed by atoms with Crippen LogP contribution in [-0.2, 0) is 0 Å². The Labute approximate surface area is 111 Å². The molecule has 2 aromatic rings. The van der Waals surface area contributed by atoms with Crippen LogP contribution in [0.3, 0.4) is 0 Å². The van der Waals surface area contributed by atoms with E-state index in [-0.39, 0.29) is 5.88 Å². The van der Waals surface area contributed by atoms with E-state index < -0.39 is 0 Å². The third kappa shape index (κ3) is 3.19. The number of benzene rings is 1. The van der Waals surface area contributed by atoms with Crippen LogP contribution in [0.2, 0.25) is 0 Å². The monoisotopic (exact) mass is 255 g/mol. The highest BCUT2D eigenvalue weighted by Gasteiger charge is 2.10. The quantitative estimate of drug-likeness (QED) is 0.821. The second-order valence-electron chi connectivity index (χ2n) is 3.76. The molecule has 0 bridgehead atoms. The van der Waals surface area contributed by atoms with Gasteiger partial charge in [0.1, 0.15) is 11.6 Å². The molecule has 1 aromatic carbocycles. The Morgan fingerprint density at radius 2 is 2.00 bits per heavy atom. The van der Waals surface area contributed by atoms with Crippen LogP contribution in [0.4, 0.5) is 0 Å². The maximum atomic E-state index is 8.98. The topological polar surface area (TPSA) is 68.0 Å². The van der Waals surface area contributed by atoms with Gasteiger partial charge in [-0.2, -0.15) is 10.4 Å². The van der Waals surface area contributed by atoms with Crippen molar-refractivity contribution in [2.75, 3.05) is 6.61 Å². The lowest BCUT2D eigenvalue weighted by atomic mass is 10.3. The van der Waals surface area contributed by atoms with Crippen molar-refractivity contribution >= 4 is 0 Å². The van der Waals surface area contributed by atoms with E-state index in [2.05, 4.69) is 10.2 Å². The lowest BCUT2D eigenvalue weighted by Gasteiger charge is -2.11. The molecular formula is C14H13N3O2. The lowest BCUT2D eigenvalue weighted by molar-refractivity contribution is 0.300. The summed E-state index contributed by atoms with van der Waals surface area (Å²) in [5.74, 6) is 1.32. The minimum absolute atomic E-state index is 0.178. The van der Waals surface area contributed by atoms with Crippen LogP contribution in [-0.4, -0.2) is 16.8 Å². The van der Waals surface area contributed by atoms with Gasteiger partial charge in [0.2, 0.25) is 0 Å². The van der Waals surface area contributed by atoms with Gasteiger partial charge in [0.15, 0.2) is 11.5 Å². The first kappa shape index (κ1) is 12.8. The van der Waals surface area contributed by atoms with Crippen molar-refractivity contribution in [3.05, 3.63) is 42.1 Å². The van der Waals surface area contributed by atoms with Crippen LogP contribution in [0, 0.1) is 11.3 Å². The molecule has 0 saturated carbocycles. The predicted molar refractivity (Wildman–Crippen MR) is 69.0 cm³/mol. The minimum atomic E-state index is 0.178. The fourth-order valence-corrected chi connectivity index (χ4v) is 1.45. The number of rotatable bonds is 5. The zero-order valence-electron chi connectivity index (χ0n) is 10.5. The van der Waals surface area contributed by atoms with Crippen LogP contribution in [0.15, 0.2) is 36.5 Å². The number of nitriles is 1. The van der Waals surface area contributed by atoms with E-state index in [4.69, 9.17) is 14.7 Å². The van der Waals surface area contributed by atoms with Crippen LogP contribution in [0.25, 0.3) is 0 Å². The van der Waals surface area contributed by atoms with E-state index in [1.165, 1.54) is 6.20 Å². The fourth-order valence-electron chi connectivity index (χ4n) is 1.45. The van der Waals surface area contributed by atoms with Gasteiger partial charge in [-0.25, -0.2) is 0 Å². The molecule has 2 rings (SSSR count). The molecule has 0 amide bonds. The van der Waals surface area contributed by atoms with Gasteiger partial charge in [0, 0.05) is 0 Å². The molecule has 0 aliphatic carbocycles. The second-order valence-corrected chi connectivity index (χ2v) is 3.76. The Morgan fingerprint density at radius 1 is 1.21 bits per heavy atom. The summed E-state index contributed by atoms with van der Waals surface area (Å²) in [6.45, 7) is 2.63. The first-order valence-corrected chi connectivity index (χ1v) is 5.96. The number of hydrogen-bond acceptors (Lipinski definition) is 5. The molecule has 0 aliphatic rings. The molecule has 0 aliphatic heterocycles. The molecular weight excluding hydrogens is 242 g/mol. The Hall–Kier alpha value is -2.61. The first-order valence-electron chi connectivity index (χ1n) is 5.96. The van der Waals surface area contributed by atoms with Crippen molar-refractivity contribution in [2.24, 2.45) is 0 Å².